The summed E-state index contributed by atoms with van der Waals surface area (Å²) in [6.07, 6.45) is 1.14. The first-order valence-electron chi connectivity index (χ1n) is 11.4. The molecule has 0 aliphatic carbocycles. The van der Waals surface area contributed by atoms with Crippen LogP contribution in [0, 0.1) is 6.92 Å². The minimum atomic E-state index is -3.32. The average Bonchev–Trinajstić information content (AvgIpc) is 3.26. The van der Waals surface area contributed by atoms with Crippen molar-refractivity contribution >= 4 is 31.6 Å². The van der Waals surface area contributed by atoms with E-state index in [2.05, 4.69) is 98.5 Å². The van der Waals surface area contributed by atoms with E-state index in [1.54, 1.807) is 12.1 Å². The summed E-state index contributed by atoms with van der Waals surface area (Å²) >= 11 is 3.49. The van der Waals surface area contributed by atoms with Crippen LogP contribution in [-0.4, -0.2) is 24.5 Å². The Balaban J connectivity index is 1.39. The zero-order valence-corrected chi connectivity index (χ0v) is 22.2. The highest BCUT2D eigenvalue weighted by Crippen LogP contribution is 2.29. The monoisotopic (exact) mass is 557 g/mol. The van der Waals surface area contributed by atoms with Crippen LogP contribution in [0.4, 0.5) is 5.69 Å². The van der Waals surface area contributed by atoms with Crippen molar-refractivity contribution in [2.45, 2.75) is 6.92 Å². The first-order valence-corrected chi connectivity index (χ1v) is 14.1. The van der Waals surface area contributed by atoms with Gasteiger partial charge in [-0.25, -0.2) is 13.1 Å². The van der Waals surface area contributed by atoms with Crippen molar-refractivity contribution in [1.82, 2.24) is 9.78 Å². The van der Waals surface area contributed by atoms with Crippen molar-refractivity contribution in [3.63, 3.8) is 0 Å². The van der Waals surface area contributed by atoms with Crippen LogP contribution in [0.25, 0.3) is 39.2 Å². The summed E-state index contributed by atoms with van der Waals surface area (Å²) in [4.78, 5) is 0. The second-order valence-electron chi connectivity index (χ2n) is 8.67. The molecule has 0 fully saturated rings. The Morgan fingerprint density at radius 2 is 1.14 bits per heavy atom. The number of hydrogen-bond donors (Lipinski definition) is 1. The van der Waals surface area contributed by atoms with Gasteiger partial charge in [0, 0.05) is 15.7 Å². The summed E-state index contributed by atoms with van der Waals surface area (Å²) < 4.78 is 28.4. The fraction of sp³-hybridized carbons (Fsp3) is 0.0690. The first-order chi connectivity index (χ1) is 17.2. The summed E-state index contributed by atoms with van der Waals surface area (Å²) in [6.45, 7) is 1.96. The van der Waals surface area contributed by atoms with E-state index in [4.69, 9.17) is 0 Å². The van der Waals surface area contributed by atoms with E-state index in [-0.39, 0.29) is 0 Å². The van der Waals surface area contributed by atoms with Gasteiger partial charge in [0.2, 0.25) is 10.0 Å². The van der Waals surface area contributed by atoms with E-state index in [0.717, 1.165) is 44.5 Å². The summed E-state index contributed by atoms with van der Waals surface area (Å²) in [5, 5.41) is 4.66. The number of nitrogens with one attached hydrogen (secondary N) is 1. The third kappa shape index (κ3) is 5.42. The lowest BCUT2D eigenvalue weighted by molar-refractivity contribution is 0.607. The van der Waals surface area contributed by atoms with E-state index < -0.39 is 10.0 Å². The van der Waals surface area contributed by atoms with E-state index in [1.165, 1.54) is 11.1 Å². The molecule has 1 aromatic heterocycles. The predicted octanol–water partition coefficient (Wildman–Crippen LogP) is 7.32. The Kier molecular flexibility index (Phi) is 6.51. The van der Waals surface area contributed by atoms with Crippen molar-refractivity contribution in [1.29, 1.82) is 0 Å². The number of rotatable bonds is 6. The minimum absolute atomic E-state index is 0.516. The van der Waals surface area contributed by atoms with Gasteiger partial charge in [-0.2, -0.15) is 5.10 Å². The Morgan fingerprint density at radius 3 is 1.61 bits per heavy atom. The van der Waals surface area contributed by atoms with Crippen molar-refractivity contribution in [3.8, 4) is 39.2 Å². The molecule has 1 heterocycles. The highest BCUT2D eigenvalue weighted by Gasteiger charge is 2.11. The van der Waals surface area contributed by atoms with Crippen LogP contribution in [-0.2, 0) is 10.0 Å². The molecule has 180 valence electrons. The molecule has 0 radical (unpaired) electrons. The molecule has 0 bridgehead atoms. The lowest BCUT2D eigenvalue weighted by atomic mass is 9.99. The van der Waals surface area contributed by atoms with E-state index >= 15 is 0 Å². The third-order valence-corrected chi connectivity index (χ3v) is 6.96. The summed E-state index contributed by atoms with van der Waals surface area (Å²) in [7, 11) is -3.32. The molecule has 4 aromatic carbocycles. The number of benzene rings is 4. The maximum absolute atomic E-state index is 11.5. The van der Waals surface area contributed by atoms with Crippen LogP contribution in [0.2, 0.25) is 0 Å². The van der Waals surface area contributed by atoms with Crippen molar-refractivity contribution < 1.29 is 8.42 Å². The van der Waals surface area contributed by atoms with Crippen LogP contribution in [0.15, 0.2) is 108 Å². The number of aryl methyl sites for hydroxylation is 1. The number of anilines is 1. The van der Waals surface area contributed by atoms with Gasteiger partial charge in [0.25, 0.3) is 0 Å². The van der Waals surface area contributed by atoms with Crippen LogP contribution in [0.5, 0.6) is 0 Å². The normalized spacial score (nSPS) is 11.4. The van der Waals surface area contributed by atoms with Crippen molar-refractivity contribution in [2.24, 2.45) is 0 Å². The highest BCUT2D eigenvalue weighted by molar-refractivity contribution is 9.10. The molecule has 7 heteroatoms. The van der Waals surface area contributed by atoms with Gasteiger partial charge in [-0.1, -0.05) is 76.6 Å². The van der Waals surface area contributed by atoms with Gasteiger partial charge < -0.3 is 0 Å². The molecule has 5 rings (SSSR count). The summed E-state index contributed by atoms with van der Waals surface area (Å²) in [5.41, 5.74) is 8.94. The Morgan fingerprint density at radius 1 is 0.694 bits per heavy atom. The SMILES string of the molecule is Cc1cc(-c2ccc(-c3ccc(-c4ccc(Br)cc4)cc3)cc2)n(-c2ccc(NS(C)(=O)=O)cc2)n1. The Hall–Kier alpha value is -3.68. The molecule has 5 aromatic rings. The molecule has 0 saturated carbocycles. The maximum atomic E-state index is 11.5. The zero-order chi connectivity index (χ0) is 25.3. The first kappa shape index (κ1) is 24.0. The van der Waals surface area contributed by atoms with Crippen molar-refractivity contribution in [2.75, 3.05) is 11.0 Å². The predicted molar refractivity (Wildman–Crippen MR) is 151 cm³/mol. The number of hydrogen-bond acceptors (Lipinski definition) is 3. The minimum Gasteiger partial charge on any atom is -0.284 e. The van der Waals surface area contributed by atoms with Crippen LogP contribution in [0.3, 0.4) is 0 Å². The van der Waals surface area contributed by atoms with E-state index in [1.807, 2.05) is 29.8 Å². The molecule has 0 aliphatic rings. The van der Waals surface area contributed by atoms with Gasteiger partial charge in [-0.15, -0.1) is 0 Å². The largest absolute Gasteiger partial charge is 0.284 e. The van der Waals surface area contributed by atoms with E-state index in [0.29, 0.717) is 5.69 Å². The summed E-state index contributed by atoms with van der Waals surface area (Å²) in [5.74, 6) is 0. The zero-order valence-electron chi connectivity index (χ0n) is 19.8. The topological polar surface area (TPSA) is 64.0 Å². The molecule has 0 atom stereocenters. The van der Waals surface area contributed by atoms with Gasteiger partial charge in [-0.3, -0.25) is 4.72 Å². The van der Waals surface area contributed by atoms with Gasteiger partial charge in [0.05, 0.1) is 23.3 Å². The number of sulfonamides is 1. The summed E-state index contributed by atoms with van der Waals surface area (Å²) in [6, 6.07) is 34.6. The molecular formula is C29H24BrN3O2S. The molecule has 1 N–H and O–H groups in total. The molecule has 0 aliphatic heterocycles. The fourth-order valence-corrected chi connectivity index (χ4v) is 4.95. The molecule has 0 unspecified atom stereocenters. The number of nitrogens with zero attached hydrogens (tertiary/aromatic N) is 2. The molecule has 0 spiro atoms. The lowest BCUT2D eigenvalue weighted by Gasteiger charge is -2.10. The van der Waals surface area contributed by atoms with Crippen molar-refractivity contribution in [3.05, 3.63) is 113 Å². The second-order valence-corrected chi connectivity index (χ2v) is 11.3. The Labute approximate surface area is 219 Å². The van der Waals surface area contributed by atoms with Crippen LogP contribution >= 0.6 is 15.9 Å². The van der Waals surface area contributed by atoms with Gasteiger partial charge in [-0.05, 0) is 71.6 Å². The third-order valence-electron chi connectivity index (χ3n) is 5.82. The number of halogens is 1. The molecule has 5 nitrogen and oxygen atoms in total. The Bertz CT molecular complexity index is 1610. The van der Waals surface area contributed by atoms with E-state index in [9.17, 15) is 8.42 Å². The van der Waals surface area contributed by atoms with Gasteiger partial charge >= 0.3 is 0 Å². The molecule has 0 amide bonds. The van der Waals surface area contributed by atoms with Crippen LogP contribution in [0.1, 0.15) is 5.69 Å². The average molecular weight is 559 g/mol. The smallest absolute Gasteiger partial charge is 0.229 e. The molecule has 0 saturated heterocycles. The quantitative estimate of drug-likeness (QED) is 0.238. The van der Waals surface area contributed by atoms with Gasteiger partial charge in [0.1, 0.15) is 0 Å². The second kappa shape index (κ2) is 9.76. The number of aromatic nitrogens is 2. The van der Waals surface area contributed by atoms with Gasteiger partial charge in [0.15, 0.2) is 0 Å². The highest BCUT2D eigenvalue weighted by atomic mass is 79.9. The maximum Gasteiger partial charge on any atom is 0.229 e. The standard InChI is InChI=1S/C29H24BrN3O2S/c1-20-19-29(33(31-20)28-17-15-27(16-18-28)32-36(2,34)35)25-9-7-23(8-10-25)21-3-5-22(6-4-21)24-11-13-26(30)14-12-24/h3-19,32H,1-2H3. The molecule has 36 heavy (non-hydrogen) atoms. The fourth-order valence-electron chi connectivity index (χ4n) is 4.12. The molecular weight excluding hydrogens is 534 g/mol. The van der Waals surface area contributed by atoms with Crippen LogP contribution < -0.4 is 4.72 Å². The lowest BCUT2D eigenvalue weighted by Crippen LogP contribution is -2.09.